The summed E-state index contributed by atoms with van der Waals surface area (Å²) in [5, 5.41) is 0. The van der Waals surface area contributed by atoms with Gasteiger partial charge in [-0.15, -0.1) is 0 Å². The van der Waals surface area contributed by atoms with Crippen molar-refractivity contribution >= 4 is 17.8 Å². The Morgan fingerprint density at radius 1 is 1.16 bits per heavy atom. The number of hydrogen-bond acceptors (Lipinski definition) is 4. The number of rotatable bonds is 3. The lowest BCUT2D eigenvalue weighted by molar-refractivity contribution is -0.129. The Balaban J connectivity index is 2.56. The molecule has 2 N–H and O–H groups in total. The molecule has 1 rings (SSSR count). The van der Waals surface area contributed by atoms with Gasteiger partial charge in [0.2, 0.25) is 5.91 Å². The molecule has 0 fully saturated rings. The van der Waals surface area contributed by atoms with Crippen LogP contribution in [0.5, 0.6) is 0 Å². The summed E-state index contributed by atoms with van der Waals surface area (Å²) in [6.07, 6.45) is 0. The number of ether oxygens (including phenoxy) is 1. The quantitative estimate of drug-likeness (QED) is 0.612. The fraction of sp³-hybridized carbons (Fsp3) is 0.182. The van der Waals surface area contributed by atoms with Crippen LogP contribution in [0.25, 0.3) is 0 Å². The maximum absolute atomic E-state index is 13.2. The van der Waals surface area contributed by atoms with E-state index in [-0.39, 0.29) is 0 Å². The highest BCUT2D eigenvalue weighted by Crippen LogP contribution is 2.12. The van der Waals surface area contributed by atoms with Gasteiger partial charge >= 0.3 is 5.97 Å². The first-order chi connectivity index (χ1) is 8.91. The summed E-state index contributed by atoms with van der Waals surface area (Å²) >= 11 is 0. The van der Waals surface area contributed by atoms with Crippen LogP contribution in [0.1, 0.15) is 17.3 Å². The maximum atomic E-state index is 13.2. The topological polar surface area (TPSA) is 84.5 Å². The van der Waals surface area contributed by atoms with Crippen molar-refractivity contribution in [1.82, 2.24) is 10.9 Å². The number of benzene rings is 1. The lowest BCUT2D eigenvalue weighted by Crippen LogP contribution is -2.42. The monoisotopic (exact) mass is 272 g/mol. The zero-order valence-corrected chi connectivity index (χ0v) is 9.83. The third-order valence-electron chi connectivity index (χ3n) is 1.88. The van der Waals surface area contributed by atoms with Crippen molar-refractivity contribution in [3.05, 3.63) is 35.4 Å². The number of amides is 2. The molecule has 0 atom stereocenters. The van der Waals surface area contributed by atoms with Crippen LogP contribution in [-0.2, 0) is 14.3 Å². The van der Waals surface area contributed by atoms with E-state index in [9.17, 15) is 23.2 Å². The van der Waals surface area contributed by atoms with Gasteiger partial charge in [-0.3, -0.25) is 20.4 Å². The molecule has 2 amide bonds. The fourth-order valence-electron chi connectivity index (χ4n) is 1.09. The second-order valence-corrected chi connectivity index (χ2v) is 3.40. The highest BCUT2D eigenvalue weighted by atomic mass is 19.1. The molecule has 0 heterocycles. The summed E-state index contributed by atoms with van der Waals surface area (Å²) in [5.74, 6) is -4.87. The minimum absolute atomic E-state index is 0.528. The molecule has 0 aliphatic heterocycles. The van der Waals surface area contributed by atoms with E-state index in [1.54, 1.807) is 0 Å². The second-order valence-electron chi connectivity index (χ2n) is 3.40. The summed E-state index contributed by atoms with van der Waals surface area (Å²) in [7, 11) is 0. The van der Waals surface area contributed by atoms with Crippen LogP contribution in [0.4, 0.5) is 8.78 Å². The molecular formula is C11H10F2N2O4. The Morgan fingerprint density at radius 2 is 1.74 bits per heavy atom. The molecule has 0 saturated carbocycles. The molecule has 0 aliphatic rings. The van der Waals surface area contributed by atoms with Gasteiger partial charge in [0, 0.05) is 6.92 Å². The van der Waals surface area contributed by atoms with Gasteiger partial charge in [0.15, 0.2) is 6.61 Å². The van der Waals surface area contributed by atoms with Gasteiger partial charge in [-0.05, 0) is 12.1 Å². The van der Waals surface area contributed by atoms with Gasteiger partial charge < -0.3 is 4.74 Å². The molecule has 1 aromatic rings. The number of esters is 1. The largest absolute Gasteiger partial charge is 0.452 e. The minimum atomic E-state index is -1.31. The lowest BCUT2D eigenvalue weighted by atomic mass is 10.2. The summed E-state index contributed by atoms with van der Waals surface area (Å²) in [4.78, 5) is 32.9. The number of carbonyl (C=O) groups excluding carboxylic acids is 3. The van der Waals surface area contributed by atoms with E-state index in [4.69, 9.17) is 0 Å². The van der Waals surface area contributed by atoms with Crippen LogP contribution < -0.4 is 10.9 Å². The van der Waals surface area contributed by atoms with E-state index in [1.165, 1.54) is 0 Å². The molecule has 0 aliphatic carbocycles. The van der Waals surface area contributed by atoms with Crippen molar-refractivity contribution in [3.63, 3.8) is 0 Å². The van der Waals surface area contributed by atoms with Gasteiger partial charge in [0.1, 0.15) is 17.2 Å². The Morgan fingerprint density at radius 3 is 2.26 bits per heavy atom. The number of hydrogen-bond donors (Lipinski definition) is 2. The average molecular weight is 272 g/mol. The first-order valence-corrected chi connectivity index (χ1v) is 5.08. The lowest BCUT2D eigenvalue weighted by Gasteiger charge is -2.07. The van der Waals surface area contributed by atoms with Crippen molar-refractivity contribution in [3.8, 4) is 0 Å². The molecule has 19 heavy (non-hydrogen) atoms. The third kappa shape index (κ3) is 4.34. The summed E-state index contributed by atoms with van der Waals surface area (Å²) < 4.78 is 30.8. The van der Waals surface area contributed by atoms with Crippen LogP contribution in [0, 0.1) is 11.6 Å². The van der Waals surface area contributed by atoms with E-state index in [0.29, 0.717) is 0 Å². The molecule has 0 radical (unpaired) electrons. The van der Waals surface area contributed by atoms with E-state index in [2.05, 4.69) is 4.74 Å². The number of hydrazine groups is 1. The van der Waals surface area contributed by atoms with Crippen molar-refractivity contribution < 1.29 is 27.9 Å². The van der Waals surface area contributed by atoms with Crippen molar-refractivity contribution in [1.29, 1.82) is 0 Å². The Kier molecular flexibility index (Phi) is 4.92. The second kappa shape index (κ2) is 6.43. The summed E-state index contributed by atoms with van der Waals surface area (Å²) in [6, 6.07) is 2.86. The molecule has 0 bridgehead atoms. The maximum Gasteiger partial charge on any atom is 0.344 e. The minimum Gasteiger partial charge on any atom is -0.452 e. The highest BCUT2D eigenvalue weighted by Gasteiger charge is 2.19. The van der Waals surface area contributed by atoms with E-state index in [0.717, 1.165) is 25.1 Å². The van der Waals surface area contributed by atoms with Crippen molar-refractivity contribution in [2.24, 2.45) is 0 Å². The summed E-state index contributed by atoms with van der Waals surface area (Å²) in [6.45, 7) is 0.369. The van der Waals surface area contributed by atoms with Gasteiger partial charge in [-0.1, -0.05) is 6.07 Å². The normalized spacial score (nSPS) is 9.63. The number of nitrogens with one attached hydrogen (secondary N) is 2. The zero-order chi connectivity index (χ0) is 14.4. The predicted octanol–water partition coefficient (Wildman–Crippen LogP) is 0.289. The van der Waals surface area contributed by atoms with Crippen molar-refractivity contribution in [2.45, 2.75) is 6.92 Å². The molecule has 6 nitrogen and oxygen atoms in total. The first-order valence-electron chi connectivity index (χ1n) is 5.08. The fourth-order valence-corrected chi connectivity index (χ4v) is 1.09. The smallest absolute Gasteiger partial charge is 0.344 e. The first kappa shape index (κ1) is 14.6. The molecule has 0 saturated heterocycles. The molecule has 102 valence electrons. The van der Waals surface area contributed by atoms with Gasteiger partial charge in [-0.2, -0.15) is 0 Å². The molecule has 0 aromatic heterocycles. The Bertz CT molecular complexity index is 499. The van der Waals surface area contributed by atoms with E-state index in [1.807, 2.05) is 10.9 Å². The molecular weight excluding hydrogens is 262 g/mol. The van der Waals surface area contributed by atoms with Crippen molar-refractivity contribution in [2.75, 3.05) is 6.61 Å². The standard InChI is InChI=1S/C11H10F2N2O4/c1-6(16)14-15-9(17)5-19-11(18)10-7(12)3-2-4-8(10)13/h2-4H,5H2,1H3,(H,14,16)(H,15,17). The van der Waals surface area contributed by atoms with Crippen LogP contribution >= 0.6 is 0 Å². The summed E-state index contributed by atoms with van der Waals surface area (Å²) in [5.41, 5.74) is 2.99. The highest BCUT2D eigenvalue weighted by molar-refractivity contribution is 5.92. The average Bonchev–Trinajstić information content (AvgIpc) is 2.33. The van der Waals surface area contributed by atoms with Gasteiger partial charge in [0.25, 0.3) is 5.91 Å². The van der Waals surface area contributed by atoms with E-state index < -0.39 is 41.6 Å². The van der Waals surface area contributed by atoms with Gasteiger partial charge in [0.05, 0.1) is 0 Å². The van der Waals surface area contributed by atoms with Crippen LogP contribution in [0.3, 0.4) is 0 Å². The molecule has 8 heteroatoms. The number of carbonyl (C=O) groups is 3. The molecule has 1 aromatic carbocycles. The van der Waals surface area contributed by atoms with Crippen LogP contribution in [0.2, 0.25) is 0 Å². The molecule has 0 spiro atoms. The Labute approximate surface area is 106 Å². The van der Waals surface area contributed by atoms with Crippen LogP contribution in [-0.4, -0.2) is 24.4 Å². The predicted molar refractivity (Wildman–Crippen MR) is 58.6 cm³/mol. The zero-order valence-electron chi connectivity index (χ0n) is 9.83. The van der Waals surface area contributed by atoms with E-state index >= 15 is 0 Å². The SMILES string of the molecule is CC(=O)NNC(=O)COC(=O)c1c(F)cccc1F. The Hall–Kier alpha value is -2.51. The molecule has 0 unspecified atom stereocenters. The number of halogens is 2. The van der Waals surface area contributed by atoms with Crippen LogP contribution in [0.15, 0.2) is 18.2 Å². The van der Waals surface area contributed by atoms with Gasteiger partial charge in [-0.25, -0.2) is 13.6 Å². The third-order valence-corrected chi connectivity index (χ3v) is 1.88.